The van der Waals surface area contributed by atoms with E-state index in [-0.39, 0.29) is 5.91 Å². The summed E-state index contributed by atoms with van der Waals surface area (Å²) in [7, 11) is 1.29. The lowest BCUT2D eigenvalue weighted by atomic mass is 9.75. The van der Waals surface area contributed by atoms with Crippen molar-refractivity contribution in [1.29, 1.82) is 0 Å². The Hall–Kier alpha value is -3.48. The van der Waals surface area contributed by atoms with Gasteiger partial charge in [-0.25, -0.2) is 9.69 Å². The third-order valence-electron chi connectivity index (χ3n) is 6.54. The number of carbonyl (C=O) groups is 3. The molecule has 0 aliphatic carbocycles. The molecule has 4 atom stereocenters. The molecule has 0 spiro atoms. The number of halogens is 1. The highest BCUT2D eigenvalue weighted by molar-refractivity contribution is 6.31. The number of amides is 2. The number of methoxy groups -OCH3 is 1. The number of hydrogen-bond donors (Lipinski definition) is 1. The maximum absolute atomic E-state index is 13.9. The Kier molecular flexibility index (Phi) is 5.27. The number of nitrogens with one attached hydrogen (secondary N) is 1. The third-order valence-corrected chi connectivity index (χ3v) is 6.79. The van der Waals surface area contributed by atoms with Gasteiger partial charge in [-0.2, -0.15) is 0 Å². The predicted molar refractivity (Wildman–Crippen MR) is 123 cm³/mol. The first-order chi connectivity index (χ1) is 16.0. The fourth-order valence-electron chi connectivity index (χ4n) is 5.13. The highest BCUT2D eigenvalue weighted by Crippen LogP contribution is 2.54. The van der Waals surface area contributed by atoms with Gasteiger partial charge in [-0.15, -0.1) is 0 Å². The smallest absolute Gasteiger partial charge is 0.331 e. The SMILES string of the molecule is COC(=O)[C@]1(c2ccccc2)N[C@H](c2ccccc2)[C@@H]2C(=O)N(c3ccc(Cl)cc3)C(=O)[C@@H]21. The largest absolute Gasteiger partial charge is 0.467 e. The molecule has 3 aromatic carbocycles. The lowest BCUT2D eigenvalue weighted by molar-refractivity contribution is -0.152. The molecule has 3 aromatic rings. The van der Waals surface area contributed by atoms with Crippen molar-refractivity contribution in [1.82, 2.24) is 5.32 Å². The van der Waals surface area contributed by atoms with Crippen LogP contribution in [0.4, 0.5) is 5.69 Å². The molecule has 6 nitrogen and oxygen atoms in total. The second-order valence-electron chi connectivity index (χ2n) is 8.19. The van der Waals surface area contributed by atoms with Crippen molar-refractivity contribution in [2.45, 2.75) is 11.6 Å². The highest BCUT2D eigenvalue weighted by atomic mass is 35.5. The molecule has 2 aliphatic rings. The van der Waals surface area contributed by atoms with Crippen molar-refractivity contribution in [2.75, 3.05) is 12.0 Å². The second kappa shape index (κ2) is 8.14. The van der Waals surface area contributed by atoms with Crippen LogP contribution in [0.1, 0.15) is 17.2 Å². The number of carbonyl (C=O) groups excluding carboxylic acids is 3. The van der Waals surface area contributed by atoms with Gasteiger partial charge < -0.3 is 4.74 Å². The fourth-order valence-corrected chi connectivity index (χ4v) is 5.26. The summed E-state index contributed by atoms with van der Waals surface area (Å²) < 4.78 is 5.22. The van der Waals surface area contributed by atoms with E-state index >= 15 is 0 Å². The van der Waals surface area contributed by atoms with E-state index < -0.39 is 35.3 Å². The first-order valence-corrected chi connectivity index (χ1v) is 11.0. The number of rotatable bonds is 4. The Bertz CT molecular complexity index is 1220. The van der Waals surface area contributed by atoms with E-state index in [0.717, 1.165) is 5.56 Å². The third kappa shape index (κ3) is 3.17. The number of fused-ring (bicyclic) bond motifs is 1. The summed E-state index contributed by atoms with van der Waals surface area (Å²) in [5, 5.41) is 3.86. The molecule has 2 amide bonds. The predicted octanol–water partition coefficient (Wildman–Crippen LogP) is 3.86. The topological polar surface area (TPSA) is 75.7 Å². The molecule has 0 aromatic heterocycles. The number of imide groups is 1. The van der Waals surface area contributed by atoms with Crippen LogP contribution in [0.15, 0.2) is 84.9 Å². The average molecular weight is 461 g/mol. The quantitative estimate of drug-likeness (QED) is 0.472. The zero-order chi connectivity index (χ0) is 23.2. The standard InChI is InChI=1S/C26H21ClN2O4/c1-33-25(32)26(17-10-6-3-7-11-17)21-20(22(28-26)16-8-4-2-5-9-16)23(30)29(24(21)31)19-14-12-18(27)13-15-19/h2-15,20-22,28H,1H3/t20-,21-,22-,26-/m1/s1. The molecule has 166 valence electrons. The first-order valence-electron chi connectivity index (χ1n) is 10.6. The van der Waals surface area contributed by atoms with Crippen LogP contribution >= 0.6 is 11.6 Å². The molecule has 2 fully saturated rings. The molecule has 1 N–H and O–H groups in total. The van der Waals surface area contributed by atoms with Gasteiger partial charge in [0.25, 0.3) is 0 Å². The zero-order valence-corrected chi connectivity index (χ0v) is 18.5. The van der Waals surface area contributed by atoms with Crippen molar-refractivity contribution < 1.29 is 19.1 Å². The molecular formula is C26H21ClN2O4. The van der Waals surface area contributed by atoms with Crippen LogP contribution in [-0.4, -0.2) is 24.9 Å². The normalized spacial score (nSPS) is 26.4. The van der Waals surface area contributed by atoms with Crippen LogP contribution in [0.5, 0.6) is 0 Å². The second-order valence-corrected chi connectivity index (χ2v) is 8.63. The molecular weight excluding hydrogens is 440 g/mol. The van der Waals surface area contributed by atoms with Crippen LogP contribution in [0.25, 0.3) is 0 Å². The fraction of sp³-hybridized carbons (Fsp3) is 0.192. The summed E-state index contributed by atoms with van der Waals surface area (Å²) in [6.07, 6.45) is 0. The van der Waals surface area contributed by atoms with Crippen molar-refractivity contribution in [3.8, 4) is 0 Å². The van der Waals surface area contributed by atoms with Crippen LogP contribution in [0, 0.1) is 11.8 Å². The molecule has 0 saturated carbocycles. The molecule has 33 heavy (non-hydrogen) atoms. The summed E-state index contributed by atoms with van der Waals surface area (Å²) in [6.45, 7) is 0. The van der Waals surface area contributed by atoms with E-state index in [1.807, 2.05) is 36.4 Å². The summed E-state index contributed by atoms with van der Waals surface area (Å²) in [5.74, 6) is -3.21. The van der Waals surface area contributed by atoms with Gasteiger partial charge in [0.15, 0.2) is 5.54 Å². The van der Waals surface area contributed by atoms with Gasteiger partial charge in [-0.1, -0.05) is 72.3 Å². The maximum atomic E-state index is 13.9. The van der Waals surface area contributed by atoms with Gasteiger partial charge in [0.2, 0.25) is 11.8 Å². The van der Waals surface area contributed by atoms with Gasteiger partial charge >= 0.3 is 5.97 Å². The van der Waals surface area contributed by atoms with Gasteiger partial charge in [-0.05, 0) is 35.4 Å². The van der Waals surface area contributed by atoms with Gasteiger partial charge in [0, 0.05) is 11.1 Å². The number of benzene rings is 3. The average Bonchev–Trinajstić information content (AvgIpc) is 3.35. The molecule has 2 heterocycles. The van der Waals surface area contributed by atoms with E-state index in [9.17, 15) is 14.4 Å². The molecule has 2 aliphatic heterocycles. The molecule has 0 unspecified atom stereocenters. The van der Waals surface area contributed by atoms with Gasteiger partial charge in [-0.3, -0.25) is 14.9 Å². The Morgan fingerprint density at radius 3 is 2.12 bits per heavy atom. The molecule has 5 rings (SSSR count). The van der Waals surface area contributed by atoms with Crippen LogP contribution < -0.4 is 10.2 Å². The van der Waals surface area contributed by atoms with Crippen LogP contribution in [0.2, 0.25) is 5.02 Å². The number of anilines is 1. The first kappa shape index (κ1) is 21.4. The number of esters is 1. The lowest BCUT2D eigenvalue weighted by Crippen LogP contribution is -2.53. The highest BCUT2D eigenvalue weighted by Gasteiger charge is 2.69. The minimum absolute atomic E-state index is 0.365. The Balaban J connectivity index is 1.72. The van der Waals surface area contributed by atoms with Crippen LogP contribution in [-0.2, 0) is 24.7 Å². The van der Waals surface area contributed by atoms with E-state index in [4.69, 9.17) is 16.3 Å². The van der Waals surface area contributed by atoms with Crippen molar-refractivity contribution in [2.24, 2.45) is 11.8 Å². The van der Waals surface area contributed by atoms with E-state index in [1.54, 1.807) is 48.5 Å². The molecule has 2 saturated heterocycles. The maximum Gasteiger partial charge on any atom is 0.331 e. The molecule has 0 radical (unpaired) electrons. The summed E-state index contributed by atoms with van der Waals surface area (Å²) in [6, 6.07) is 24.3. The zero-order valence-electron chi connectivity index (χ0n) is 17.8. The van der Waals surface area contributed by atoms with Gasteiger partial charge in [0.1, 0.15) is 0 Å². The van der Waals surface area contributed by atoms with Crippen molar-refractivity contribution in [3.63, 3.8) is 0 Å². The number of nitrogens with zero attached hydrogens (tertiary/aromatic N) is 1. The minimum atomic E-state index is -1.52. The van der Waals surface area contributed by atoms with Crippen molar-refractivity contribution in [3.05, 3.63) is 101 Å². The number of hydrogen-bond acceptors (Lipinski definition) is 5. The summed E-state index contributed by atoms with van der Waals surface area (Å²) in [4.78, 5) is 42.3. The van der Waals surface area contributed by atoms with E-state index in [1.165, 1.54) is 12.0 Å². The summed E-state index contributed by atoms with van der Waals surface area (Å²) in [5.41, 5.74) is 0.287. The molecule has 7 heteroatoms. The Morgan fingerprint density at radius 1 is 0.909 bits per heavy atom. The van der Waals surface area contributed by atoms with E-state index in [2.05, 4.69) is 5.32 Å². The van der Waals surface area contributed by atoms with Crippen LogP contribution in [0.3, 0.4) is 0 Å². The lowest BCUT2D eigenvalue weighted by Gasteiger charge is -2.33. The van der Waals surface area contributed by atoms with Crippen molar-refractivity contribution >= 4 is 35.1 Å². The molecule has 0 bridgehead atoms. The summed E-state index contributed by atoms with van der Waals surface area (Å²) >= 11 is 6.02. The monoisotopic (exact) mass is 460 g/mol. The van der Waals surface area contributed by atoms with Gasteiger partial charge in [0.05, 0.1) is 24.6 Å². The Morgan fingerprint density at radius 2 is 1.52 bits per heavy atom. The number of ether oxygens (including phenoxy) is 1. The van der Waals surface area contributed by atoms with E-state index in [0.29, 0.717) is 16.3 Å². The minimum Gasteiger partial charge on any atom is -0.467 e. The Labute approximate surface area is 196 Å².